The number of carbonyl (C=O) groups is 1. The van der Waals surface area contributed by atoms with E-state index in [9.17, 15) is 9.59 Å². The van der Waals surface area contributed by atoms with E-state index in [0.717, 1.165) is 18.4 Å². The number of hydrogen-bond acceptors (Lipinski definition) is 10. The highest BCUT2D eigenvalue weighted by Gasteiger charge is 2.22. The van der Waals surface area contributed by atoms with Gasteiger partial charge in [0.15, 0.2) is 11.5 Å². The molecule has 0 radical (unpaired) electrons. The Morgan fingerprint density at radius 2 is 1.91 bits per heavy atom. The fourth-order valence-electron chi connectivity index (χ4n) is 5.19. The summed E-state index contributed by atoms with van der Waals surface area (Å²) in [5, 5.41) is 0.423. The van der Waals surface area contributed by atoms with Crippen molar-refractivity contribution in [1.82, 2.24) is 14.5 Å². The lowest BCUT2D eigenvalue weighted by atomic mass is 10.0. The molecule has 1 saturated heterocycles. The number of carbonyl (C=O) groups excluding carboxylic acids is 1. The summed E-state index contributed by atoms with van der Waals surface area (Å²) in [5.41, 5.74) is 14.9. The summed E-state index contributed by atoms with van der Waals surface area (Å²) in [7, 11) is 3.11. The van der Waals surface area contributed by atoms with E-state index in [1.807, 2.05) is 22.8 Å². The van der Waals surface area contributed by atoms with Gasteiger partial charge < -0.3 is 35.0 Å². The molecule has 43 heavy (non-hydrogen) atoms. The minimum absolute atomic E-state index is 0.0143. The highest BCUT2D eigenvalue weighted by molar-refractivity contribution is 5.94. The third kappa shape index (κ3) is 6.24. The molecule has 4 aromatic rings. The van der Waals surface area contributed by atoms with Crippen LogP contribution in [0.5, 0.6) is 11.5 Å². The molecule has 4 N–H and O–H groups in total. The number of aromatic nitrogens is 3. The Morgan fingerprint density at radius 1 is 1.12 bits per heavy atom. The molecule has 1 aliphatic rings. The van der Waals surface area contributed by atoms with Gasteiger partial charge in [0.2, 0.25) is 11.4 Å². The lowest BCUT2D eigenvalue weighted by molar-refractivity contribution is 0.0522. The highest BCUT2D eigenvalue weighted by Crippen LogP contribution is 2.33. The van der Waals surface area contributed by atoms with E-state index in [1.165, 1.54) is 0 Å². The van der Waals surface area contributed by atoms with Gasteiger partial charge in [-0.1, -0.05) is 11.8 Å². The Hall–Kier alpha value is -5.08. The molecule has 2 aromatic carbocycles. The topological polar surface area (TPSA) is 154 Å². The van der Waals surface area contributed by atoms with Crippen molar-refractivity contribution in [2.24, 2.45) is 0 Å². The summed E-state index contributed by atoms with van der Waals surface area (Å²) in [5.74, 6) is 7.19. The molecule has 0 unspecified atom stereocenters. The number of rotatable bonds is 7. The molecular weight excluding hydrogens is 550 g/mol. The lowest BCUT2D eigenvalue weighted by Crippen LogP contribution is -2.25. The summed E-state index contributed by atoms with van der Waals surface area (Å²) in [6.07, 6.45) is 5.14. The van der Waals surface area contributed by atoms with Crippen LogP contribution in [0.2, 0.25) is 0 Å². The van der Waals surface area contributed by atoms with Crippen molar-refractivity contribution in [3.05, 3.63) is 80.8 Å². The number of nitrogens with two attached hydrogens (primary N) is 2. The maximum Gasteiger partial charge on any atom is 0.343 e. The van der Waals surface area contributed by atoms with Crippen LogP contribution in [-0.4, -0.2) is 54.5 Å². The van der Waals surface area contributed by atoms with Crippen LogP contribution in [0.4, 0.5) is 11.8 Å². The van der Waals surface area contributed by atoms with Gasteiger partial charge in [-0.05, 0) is 55.7 Å². The van der Waals surface area contributed by atoms with Crippen LogP contribution in [-0.2, 0) is 15.9 Å². The Balaban J connectivity index is 1.59. The number of fused-ring (bicyclic) bond motifs is 1. The maximum atomic E-state index is 13.3. The van der Waals surface area contributed by atoms with Gasteiger partial charge in [-0.15, -0.1) is 0 Å². The monoisotopic (exact) mass is 583 g/mol. The molecule has 2 aromatic heterocycles. The van der Waals surface area contributed by atoms with Gasteiger partial charge in [0, 0.05) is 54.6 Å². The van der Waals surface area contributed by atoms with Crippen LogP contribution in [0.3, 0.4) is 0 Å². The number of ether oxygens (including phenoxy) is 4. The number of hydrogen-bond donors (Lipinski definition) is 2. The molecule has 1 fully saturated rings. The lowest BCUT2D eigenvalue weighted by Gasteiger charge is -2.27. The number of pyridine rings is 1. The molecular formula is C32H33N5O6. The molecule has 1 aliphatic heterocycles. The Morgan fingerprint density at radius 3 is 2.60 bits per heavy atom. The van der Waals surface area contributed by atoms with E-state index in [2.05, 4.69) is 21.8 Å². The molecule has 3 heterocycles. The zero-order valence-electron chi connectivity index (χ0n) is 24.3. The number of methoxy groups -OCH3 is 2. The van der Waals surface area contributed by atoms with E-state index in [0.29, 0.717) is 64.5 Å². The van der Waals surface area contributed by atoms with Gasteiger partial charge in [-0.25, -0.2) is 9.78 Å². The summed E-state index contributed by atoms with van der Waals surface area (Å²) < 4.78 is 24.0. The predicted molar refractivity (Wildman–Crippen MR) is 162 cm³/mol. The summed E-state index contributed by atoms with van der Waals surface area (Å²) in [6.45, 7) is 3.08. The van der Waals surface area contributed by atoms with E-state index in [4.69, 9.17) is 30.4 Å². The first kappa shape index (κ1) is 29.4. The van der Waals surface area contributed by atoms with Gasteiger partial charge in [0.25, 0.3) is 0 Å². The zero-order valence-corrected chi connectivity index (χ0v) is 24.3. The number of benzene rings is 2. The molecule has 5 rings (SSSR count). The van der Waals surface area contributed by atoms with Crippen LogP contribution in [0.1, 0.15) is 58.4 Å². The second-order valence-electron chi connectivity index (χ2n) is 10.0. The second-order valence-corrected chi connectivity index (χ2v) is 10.0. The fourth-order valence-corrected chi connectivity index (χ4v) is 5.19. The summed E-state index contributed by atoms with van der Waals surface area (Å²) >= 11 is 0. The molecule has 0 atom stereocenters. The van der Waals surface area contributed by atoms with Crippen LogP contribution in [0.15, 0.2) is 47.5 Å². The maximum absolute atomic E-state index is 13.3. The van der Waals surface area contributed by atoms with E-state index in [1.54, 1.807) is 45.7 Å². The fraction of sp³-hybridized carbons (Fsp3) is 0.312. The number of nitrogens with zero attached hydrogens (tertiary/aromatic N) is 3. The molecule has 11 nitrogen and oxygen atoms in total. The van der Waals surface area contributed by atoms with E-state index >= 15 is 0 Å². The van der Waals surface area contributed by atoms with Crippen molar-refractivity contribution in [2.75, 3.05) is 45.5 Å². The highest BCUT2D eigenvalue weighted by atomic mass is 16.5. The average molecular weight is 584 g/mol. The molecule has 0 aliphatic carbocycles. The molecule has 222 valence electrons. The van der Waals surface area contributed by atoms with Crippen molar-refractivity contribution < 1.29 is 23.7 Å². The van der Waals surface area contributed by atoms with Crippen LogP contribution in [0, 0.1) is 11.8 Å². The predicted octanol–water partition coefficient (Wildman–Crippen LogP) is 3.49. The molecule has 0 spiro atoms. The standard InChI is InChI=1S/C32H33N5O6/c1-4-43-31(39)25-18-37(23-9-11-42-12-10-23)26-15-19(6-8-24(26)28(25)38)5-7-21-13-20(16-27(40-2)29(21)41-3)14-22-17-35-32(34)36-30(22)33/h6,8,13,15-18,23H,4,9-12,14H2,1-3H3,(H4,33,34,35,36). The number of anilines is 2. The van der Waals surface area contributed by atoms with Gasteiger partial charge >= 0.3 is 5.97 Å². The van der Waals surface area contributed by atoms with Crippen molar-refractivity contribution >= 4 is 28.6 Å². The van der Waals surface area contributed by atoms with Crippen LogP contribution >= 0.6 is 0 Å². The second kappa shape index (κ2) is 12.8. The van der Waals surface area contributed by atoms with E-state index in [-0.39, 0.29) is 29.6 Å². The van der Waals surface area contributed by atoms with Crippen molar-refractivity contribution in [3.8, 4) is 23.3 Å². The van der Waals surface area contributed by atoms with Crippen LogP contribution < -0.4 is 26.4 Å². The normalized spacial score (nSPS) is 13.3. The van der Waals surface area contributed by atoms with Gasteiger partial charge in [-0.3, -0.25) is 4.79 Å². The largest absolute Gasteiger partial charge is 0.493 e. The number of nitrogen functional groups attached to an aromatic ring is 2. The quantitative estimate of drug-likeness (QED) is 0.244. The minimum atomic E-state index is -0.632. The Bertz CT molecular complexity index is 1800. The Labute approximate surface area is 248 Å². The first-order valence-corrected chi connectivity index (χ1v) is 13.9. The molecule has 0 amide bonds. The summed E-state index contributed by atoms with van der Waals surface area (Å²) in [4.78, 5) is 34.1. The zero-order chi connectivity index (χ0) is 30.5. The Kier molecular flexibility index (Phi) is 8.78. The van der Waals surface area contributed by atoms with Crippen molar-refractivity contribution in [1.29, 1.82) is 0 Å². The van der Waals surface area contributed by atoms with Crippen molar-refractivity contribution in [3.63, 3.8) is 0 Å². The van der Waals surface area contributed by atoms with Crippen LogP contribution in [0.25, 0.3) is 10.9 Å². The molecule has 0 saturated carbocycles. The van der Waals surface area contributed by atoms with Gasteiger partial charge in [0.1, 0.15) is 11.4 Å². The number of esters is 1. The van der Waals surface area contributed by atoms with Gasteiger partial charge in [-0.2, -0.15) is 4.98 Å². The SMILES string of the molecule is CCOC(=O)c1cn(C2CCOCC2)c2cc(C#Cc3cc(Cc4cnc(N)nc4N)cc(OC)c3OC)ccc2c1=O. The minimum Gasteiger partial charge on any atom is -0.493 e. The third-order valence-electron chi connectivity index (χ3n) is 7.30. The van der Waals surface area contributed by atoms with Gasteiger partial charge in [0.05, 0.1) is 31.9 Å². The first-order valence-electron chi connectivity index (χ1n) is 13.9. The van der Waals surface area contributed by atoms with Crippen molar-refractivity contribution in [2.45, 2.75) is 32.2 Å². The van der Waals surface area contributed by atoms with E-state index < -0.39 is 5.97 Å². The molecule has 11 heteroatoms. The smallest absolute Gasteiger partial charge is 0.343 e. The first-order chi connectivity index (χ1) is 20.8. The molecule has 0 bridgehead atoms. The third-order valence-corrected chi connectivity index (χ3v) is 7.30. The summed E-state index contributed by atoms with van der Waals surface area (Å²) in [6, 6.07) is 9.14. The average Bonchev–Trinajstić information content (AvgIpc) is 3.01.